The maximum Gasteiger partial charge on any atom is 0.416 e. The quantitative estimate of drug-likeness (QED) is 0.0771. The Morgan fingerprint density at radius 1 is 0.507 bits per heavy atom. The van der Waals surface area contributed by atoms with Gasteiger partial charge in [0.05, 0.1) is 19.2 Å². The number of benzene rings is 6. The van der Waals surface area contributed by atoms with E-state index in [2.05, 4.69) is 9.97 Å². The number of nitrogens with zero attached hydrogens (tertiary/aromatic N) is 4. The Morgan fingerprint density at radius 2 is 0.907 bits per heavy atom. The van der Waals surface area contributed by atoms with E-state index in [0.29, 0.717) is 63.3 Å². The van der Waals surface area contributed by atoms with Gasteiger partial charge in [0, 0.05) is 17.2 Å². The van der Waals surface area contributed by atoms with Crippen LogP contribution >= 0.6 is 0 Å². The summed E-state index contributed by atoms with van der Waals surface area (Å²) in [6.45, 7) is 8.50. The fraction of sp³-hybridized carbons (Fsp3) is 0.207. The smallest absolute Gasteiger partial charge is 0.416 e. The average Bonchev–Trinajstić information content (AvgIpc) is 4.00. The summed E-state index contributed by atoms with van der Waals surface area (Å²) in [6.07, 6.45) is -1.53. The Morgan fingerprint density at radius 3 is 1.32 bits per heavy atom. The van der Waals surface area contributed by atoms with Crippen molar-refractivity contribution in [2.24, 2.45) is 0 Å². The molecule has 17 heteroatoms. The summed E-state index contributed by atoms with van der Waals surface area (Å²) in [4.78, 5) is 60.0. The van der Waals surface area contributed by atoms with Gasteiger partial charge in [0.1, 0.15) is 78.0 Å². The highest BCUT2D eigenvalue weighted by Crippen LogP contribution is 2.29. The van der Waals surface area contributed by atoms with Gasteiger partial charge in [-0.2, -0.15) is 0 Å². The van der Waals surface area contributed by atoms with Gasteiger partial charge in [-0.15, -0.1) is 0 Å². The Balaban J connectivity index is 0.000000219. The van der Waals surface area contributed by atoms with Gasteiger partial charge < -0.3 is 42.7 Å². The molecule has 2 aromatic heterocycles. The Kier molecular flexibility index (Phi) is 18.0. The fourth-order valence-corrected chi connectivity index (χ4v) is 7.48. The first-order chi connectivity index (χ1) is 36.1. The molecule has 0 unspecified atom stereocenters. The highest BCUT2D eigenvalue weighted by Gasteiger charge is 2.28. The normalized spacial score (nSPS) is 11.5. The van der Waals surface area contributed by atoms with Gasteiger partial charge in [0.15, 0.2) is 0 Å². The van der Waals surface area contributed by atoms with Gasteiger partial charge in [0.2, 0.25) is 11.8 Å². The predicted octanol–water partition coefficient (Wildman–Crippen LogP) is 12.1. The molecule has 0 aliphatic rings. The van der Waals surface area contributed by atoms with Crippen LogP contribution in [0.3, 0.4) is 0 Å². The van der Waals surface area contributed by atoms with Crippen LogP contribution in [-0.4, -0.2) is 74.3 Å². The van der Waals surface area contributed by atoms with Crippen LogP contribution in [-0.2, 0) is 22.8 Å². The molecule has 0 bridgehead atoms. The molecule has 6 aromatic carbocycles. The zero-order chi connectivity index (χ0) is 53.4. The van der Waals surface area contributed by atoms with Crippen LogP contribution in [0.15, 0.2) is 167 Å². The van der Waals surface area contributed by atoms with Gasteiger partial charge in [-0.05, 0) is 119 Å². The number of carboxylic acids is 2. The van der Waals surface area contributed by atoms with Crippen LogP contribution in [0.4, 0.5) is 9.59 Å². The number of hydrogen-bond donors (Lipinski definition) is 2. The molecule has 17 nitrogen and oxygen atoms in total. The standard InChI is InChI=1S/C29H28N2O7.C29H28N2O6/c1-19(31(17-27(32)33)29(34)38-25-11-7-10-24(16-25)35-3)21-12-14-23(15-13-21)36-18-26-20(2)37-28(30-26)22-8-5-4-6-9-22;1-19-9-13-25(14-10-19)37-29(34)31(17-27(32)33)20(2)22-11-15-24(16-12-22)35-18-26-21(3)36-28(30-26)23-7-5-4-6-8-23/h4-16,19H,17-18H2,1-3H3,(H,32,33);4-16,20H,17-18H2,1-3H3,(H,32,33)/t19-;20-/m00/s1. The maximum absolute atomic E-state index is 12.9. The maximum atomic E-state index is 12.9. The molecular formula is C58H56N4O13. The molecule has 0 radical (unpaired) electrons. The molecular weight excluding hydrogens is 961 g/mol. The van der Waals surface area contributed by atoms with E-state index in [4.69, 9.17) is 32.5 Å². The predicted molar refractivity (Wildman–Crippen MR) is 277 cm³/mol. The molecule has 0 aliphatic carbocycles. The van der Waals surface area contributed by atoms with E-state index < -0.39 is 49.3 Å². The number of oxazole rings is 2. The van der Waals surface area contributed by atoms with Crippen molar-refractivity contribution in [1.82, 2.24) is 19.8 Å². The Labute approximate surface area is 433 Å². The third kappa shape index (κ3) is 14.9. The number of rotatable bonds is 19. The summed E-state index contributed by atoms with van der Waals surface area (Å²) >= 11 is 0. The van der Waals surface area contributed by atoms with Crippen LogP contribution in [0.1, 0.15) is 65.5 Å². The molecule has 75 heavy (non-hydrogen) atoms. The second kappa shape index (κ2) is 25.3. The van der Waals surface area contributed by atoms with Crippen LogP contribution in [0, 0.1) is 20.8 Å². The van der Waals surface area contributed by atoms with Crippen molar-refractivity contribution in [2.45, 2.75) is 59.9 Å². The number of methoxy groups -OCH3 is 1. The van der Waals surface area contributed by atoms with Crippen LogP contribution < -0.4 is 23.7 Å². The van der Waals surface area contributed by atoms with E-state index in [1.165, 1.54) is 12.0 Å². The second-order valence-corrected chi connectivity index (χ2v) is 17.1. The summed E-state index contributed by atoms with van der Waals surface area (Å²) in [5, 5.41) is 18.8. The summed E-state index contributed by atoms with van der Waals surface area (Å²) in [5.41, 5.74) is 5.63. The van der Waals surface area contributed by atoms with E-state index in [1.54, 1.807) is 98.8 Å². The van der Waals surface area contributed by atoms with Crippen molar-refractivity contribution in [2.75, 3.05) is 20.2 Å². The lowest BCUT2D eigenvalue weighted by Gasteiger charge is -2.27. The van der Waals surface area contributed by atoms with Gasteiger partial charge in [-0.25, -0.2) is 19.6 Å². The first-order valence-electron chi connectivity index (χ1n) is 23.7. The van der Waals surface area contributed by atoms with Gasteiger partial charge >= 0.3 is 24.1 Å². The summed E-state index contributed by atoms with van der Waals surface area (Å²) < 4.78 is 39.3. The van der Waals surface area contributed by atoms with Crippen LogP contribution in [0.25, 0.3) is 22.9 Å². The number of carbonyl (C=O) groups excluding carboxylic acids is 2. The average molecular weight is 1020 g/mol. The molecule has 0 aliphatic heterocycles. The van der Waals surface area contributed by atoms with Crippen molar-refractivity contribution in [3.05, 3.63) is 197 Å². The van der Waals surface area contributed by atoms with Crippen molar-refractivity contribution < 1.29 is 61.9 Å². The van der Waals surface area contributed by atoms with Crippen molar-refractivity contribution in [1.29, 1.82) is 0 Å². The summed E-state index contributed by atoms with van der Waals surface area (Å²) in [6, 6.07) is 45.8. The summed E-state index contributed by atoms with van der Waals surface area (Å²) in [5.74, 6) is 2.44. The van der Waals surface area contributed by atoms with Gasteiger partial charge in [0.25, 0.3) is 0 Å². The molecule has 8 rings (SSSR count). The Bertz CT molecular complexity index is 3160. The van der Waals surface area contributed by atoms with E-state index in [9.17, 15) is 29.4 Å². The molecule has 2 heterocycles. The molecule has 2 N–H and O–H groups in total. The third-order valence-electron chi connectivity index (χ3n) is 11.8. The fourth-order valence-electron chi connectivity index (χ4n) is 7.48. The monoisotopic (exact) mass is 1020 g/mol. The molecule has 0 fully saturated rings. The number of carboxylic acid groups (broad SMARTS) is 2. The molecule has 8 aromatic rings. The number of hydrogen-bond acceptors (Lipinski definition) is 13. The number of carbonyl (C=O) groups is 4. The van der Waals surface area contributed by atoms with Crippen molar-refractivity contribution in [3.8, 4) is 51.7 Å². The number of aryl methyl sites for hydroxylation is 3. The van der Waals surface area contributed by atoms with Crippen LogP contribution in [0.2, 0.25) is 0 Å². The second-order valence-electron chi connectivity index (χ2n) is 17.1. The number of aliphatic carboxylic acids is 2. The highest BCUT2D eigenvalue weighted by atomic mass is 16.6. The van der Waals surface area contributed by atoms with Crippen molar-refractivity contribution >= 4 is 24.1 Å². The van der Waals surface area contributed by atoms with Crippen molar-refractivity contribution in [3.63, 3.8) is 0 Å². The number of amides is 2. The van der Waals surface area contributed by atoms with E-state index in [1.807, 2.05) is 93.6 Å². The lowest BCUT2D eigenvalue weighted by Crippen LogP contribution is -2.39. The minimum atomic E-state index is -1.16. The van der Waals surface area contributed by atoms with Crippen LogP contribution in [0.5, 0.6) is 28.7 Å². The lowest BCUT2D eigenvalue weighted by atomic mass is 10.1. The molecule has 2 amide bonds. The van der Waals surface area contributed by atoms with Gasteiger partial charge in [-0.3, -0.25) is 19.4 Å². The minimum Gasteiger partial charge on any atom is -0.497 e. The zero-order valence-corrected chi connectivity index (χ0v) is 42.2. The third-order valence-corrected chi connectivity index (χ3v) is 11.8. The molecule has 386 valence electrons. The number of ether oxygens (including phenoxy) is 5. The Hall–Kier alpha value is -9.38. The lowest BCUT2D eigenvalue weighted by molar-refractivity contribution is -0.139. The highest BCUT2D eigenvalue weighted by molar-refractivity contribution is 5.79. The number of aromatic nitrogens is 2. The van der Waals surface area contributed by atoms with Gasteiger partial charge in [-0.1, -0.05) is 84.4 Å². The molecule has 0 saturated heterocycles. The molecule has 0 spiro atoms. The topological polar surface area (TPSA) is 213 Å². The largest absolute Gasteiger partial charge is 0.497 e. The molecule has 0 saturated carbocycles. The summed E-state index contributed by atoms with van der Waals surface area (Å²) in [7, 11) is 1.50. The molecule has 2 atom stereocenters. The first-order valence-corrected chi connectivity index (χ1v) is 23.7. The van der Waals surface area contributed by atoms with E-state index in [0.717, 1.165) is 27.2 Å². The first kappa shape index (κ1) is 53.4. The minimum absolute atomic E-state index is 0.217. The van der Waals surface area contributed by atoms with E-state index in [-0.39, 0.29) is 19.0 Å². The SMILES string of the molecule is COc1cccc(OC(=O)N(CC(=O)O)[C@@H](C)c2ccc(OCc3nc(-c4ccccc4)oc3C)cc2)c1.Cc1ccc(OC(=O)N(CC(=O)O)[C@@H](C)c2ccc(OCc3nc(-c4ccccc4)oc3C)cc2)cc1. The van der Waals surface area contributed by atoms with E-state index >= 15 is 0 Å². The zero-order valence-electron chi connectivity index (χ0n) is 42.2.